The van der Waals surface area contributed by atoms with Crippen molar-refractivity contribution < 1.29 is 8.78 Å². The number of hydrogen-bond donors (Lipinski definition) is 1. The van der Waals surface area contributed by atoms with Crippen LogP contribution in [0, 0.1) is 11.6 Å². The third-order valence-electron chi connectivity index (χ3n) is 2.46. The van der Waals surface area contributed by atoms with Crippen LogP contribution in [0.5, 0.6) is 0 Å². The monoisotopic (exact) mass is 253 g/mol. The summed E-state index contributed by atoms with van der Waals surface area (Å²) < 4.78 is 26.3. The molecule has 0 aliphatic heterocycles. The first-order chi connectivity index (χ1) is 8.10. The van der Waals surface area contributed by atoms with Crippen LogP contribution < -0.4 is 5.73 Å². The van der Waals surface area contributed by atoms with E-state index in [9.17, 15) is 8.78 Å². The van der Waals surface area contributed by atoms with Crippen LogP contribution in [0.15, 0.2) is 36.4 Å². The summed E-state index contributed by atoms with van der Waals surface area (Å²) in [6.45, 7) is 0.258. The van der Waals surface area contributed by atoms with Crippen molar-refractivity contribution in [2.45, 2.75) is 6.54 Å². The van der Waals surface area contributed by atoms with Crippen LogP contribution in [-0.4, -0.2) is 0 Å². The van der Waals surface area contributed by atoms with E-state index in [0.29, 0.717) is 16.1 Å². The molecule has 0 unspecified atom stereocenters. The number of hydrogen-bond acceptors (Lipinski definition) is 1. The molecule has 2 aromatic rings. The predicted octanol–water partition coefficient (Wildman–Crippen LogP) is 3.74. The zero-order chi connectivity index (χ0) is 12.4. The second-order valence-electron chi connectivity index (χ2n) is 3.66. The molecular weight excluding hydrogens is 244 g/mol. The van der Waals surface area contributed by atoms with Gasteiger partial charge in [-0.25, -0.2) is 8.78 Å². The molecule has 17 heavy (non-hydrogen) atoms. The van der Waals surface area contributed by atoms with Crippen LogP contribution in [0.1, 0.15) is 5.56 Å². The minimum absolute atomic E-state index is 0.258. The molecule has 0 saturated carbocycles. The third-order valence-corrected chi connectivity index (χ3v) is 2.70. The SMILES string of the molecule is NCc1cc(Cl)ccc1-c1cc(F)cc(F)c1. The number of rotatable bonds is 2. The summed E-state index contributed by atoms with van der Waals surface area (Å²) in [4.78, 5) is 0. The molecule has 2 N–H and O–H groups in total. The summed E-state index contributed by atoms with van der Waals surface area (Å²) in [6.07, 6.45) is 0. The fourth-order valence-corrected chi connectivity index (χ4v) is 1.92. The minimum Gasteiger partial charge on any atom is -0.326 e. The standard InChI is InChI=1S/C13H10ClF2N/c14-10-1-2-13(9(3-10)7-17)8-4-11(15)6-12(16)5-8/h1-6H,7,17H2. The second-order valence-corrected chi connectivity index (χ2v) is 4.10. The lowest BCUT2D eigenvalue weighted by atomic mass is 9.99. The van der Waals surface area contributed by atoms with Crippen molar-refractivity contribution in [3.05, 3.63) is 58.6 Å². The van der Waals surface area contributed by atoms with Gasteiger partial charge in [0.05, 0.1) is 0 Å². The van der Waals surface area contributed by atoms with Crippen molar-refractivity contribution in [3.63, 3.8) is 0 Å². The van der Waals surface area contributed by atoms with Crippen LogP contribution in [-0.2, 0) is 6.54 Å². The molecular formula is C13H10ClF2N. The fourth-order valence-electron chi connectivity index (χ4n) is 1.72. The molecule has 0 saturated heterocycles. The lowest BCUT2D eigenvalue weighted by molar-refractivity contribution is 0.584. The summed E-state index contributed by atoms with van der Waals surface area (Å²) in [6, 6.07) is 8.44. The molecule has 0 bridgehead atoms. The lowest BCUT2D eigenvalue weighted by Gasteiger charge is -2.09. The highest BCUT2D eigenvalue weighted by atomic mass is 35.5. The summed E-state index contributed by atoms with van der Waals surface area (Å²) >= 11 is 5.84. The Kier molecular flexibility index (Phi) is 3.41. The van der Waals surface area contributed by atoms with Gasteiger partial charge < -0.3 is 5.73 Å². The van der Waals surface area contributed by atoms with E-state index >= 15 is 0 Å². The van der Waals surface area contributed by atoms with Gasteiger partial charge in [-0.2, -0.15) is 0 Å². The highest BCUT2D eigenvalue weighted by molar-refractivity contribution is 6.30. The maximum Gasteiger partial charge on any atom is 0.126 e. The predicted molar refractivity (Wildman–Crippen MR) is 64.7 cm³/mol. The van der Waals surface area contributed by atoms with Crippen molar-refractivity contribution in [1.29, 1.82) is 0 Å². The Morgan fingerprint density at radius 3 is 2.24 bits per heavy atom. The number of nitrogens with two attached hydrogens (primary N) is 1. The van der Waals surface area contributed by atoms with Gasteiger partial charge in [0.15, 0.2) is 0 Å². The van der Waals surface area contributed by atoms with Crippen LogP contribution in [0.3, 0.4) is 0 Å². The molecule has 0 heterocycles. The minimum atomic E-state index is -0.613. The highest BCUT2D eigenvalue weighted by Gasteiger charge is 2.07. The van der Waals surface area contributed by atoms with E-state index in [1.807, 2.05) is 0 Å². The highest BCUT2D eigenvalue weighted by Crippen LogP contribution is 2.27. The third kappa shape index (κ3) is 2.62. The van der Waals surface area contributed by atoms with Gasteiger partial charge in [0.1, 0.15) is 11.6 Å². The Balaban J connectivity index is 2.59. The maximum absolute atomic E-state index is 13.1. The van der Waals surface area contributed by atoms with E-state index in [2.05, 4.69) is 0 Å². The molecule has 2 rings (SSSR count). The molecule has 0 radical (unpaired) electrons. The Hall–Kier alpha value is -1.45. The van der Waals surface area contributed by atoms with Gasteiger partial charge >= 0.3 is 0 Å². The Labute approximate surface area is 103 Å². The average Bonchev–Trinajstić information content (AvgIpc) is 2.27. The van der Waals surface area contributed by atoms with Crippen LogP contribution >= 0.6 is 11.6 Å². The van der Waals surface area contributed by atoms with Gasteiger partial charge in [0.2, 0.25) is 0 Å². The molecule has 88 valence electrons. The zero-order valence-corrected chi connectivity index (χ0v) is 9.64. The summed E-state index contributed by atoms with van der Waals surface area (Å²) in [7, 11) is 0. The van der Waals surface area contributed by atoms with Crippen molar-refractivity contribution in [2.75, 3.05) is 0 Å². The second kappa shape index (κ2) is 4.82. The van der Waals surface area contributed by atoms with E-state index in [0.717, 1.165) is 11.6 Å². The van der Waals surface area contributed by atoms with Crippen LogP contribution in [0.4, 0.5) is 8.78 Å². The molecule has 0 amide bonds. The lowest BCUT2D eigenvalue weighted by Crippen LogP contribution is -1.99. The molecule has 0 aromatic heterocycles. The van der Waals surface area contributed by atoms with Gasteiger partial charge in [0, 0.05) is 17.6 Å². The summed E-state index contributed by atoms with van der Waals surface area (Å²) in [5, 5.41) is 0.547. The van der Waals surface area contributed by atoms with E-state index in [1.54, 1.807) is 18.2 Å². The summed E-state index contributed by atoms with van der Waals surface area (Å²) in [5.74, 6) is -1.23. The molecule has 2 aromatic carbocycles. The average molecular weight is 254 g/mol. The Bertz CT molecular complexity index is 535. The molecule has 4 heteroatoms. The van der Waals surface area contributed by atoms with Crippen molar-refractivity contribution >= 4 is 11.6 Å². The Morgan fingerprint density at radius 1 is 1.00 bits per heavy atom. The van der Waals surface area contributed by atoms with Crippen molar-refractivity contribution in [2.24, 2.45) is 5.73 Å². The van der Waals surface area contributed by atoms with E-state index < -0.39 is 11.6 Å². The van der Waals surface area contributed by atoms with Crippen LogP contribution in [0.25, 0.3) is 11.1 Å². The molecule has 0 aliphatic carbocycles. The molecule has 0 spiro atoms. The largest absolute Gasteiger partial charge is 0.326 e. The fraction of sp³-hybridized carbons (Fsp3) is 0.0769. The van der Waals surface area contributed by atoms with Crippen molar-refractivity contribution in [1.82, 2.24) is 0 Å². The normalized spacial score (nSPS) is 10.6. The smallest absolute Gasteiger partial charge is 0.126 e. The van der Waals surface area contributed by atoms with Crippen molar-refractivity contribution in [3.8, 4) is 11.1 Å². The van der Waals surface area contributed by atoms with Gasteiger partial charge in [-0.3, -0.25) is 0 Å². The van der Waals surface area contributed by atoms with Gasteiger partial charge in [-0.1, -0.05) is 17.7 Å². The molecule has 1 nitrogen and oxygen atoms in total. The van der Waals surface area contributed by atoms with Gasteiger partial charge in [-0.05, 0) is 41.0 Å². The van der Waals surface area contributed by atoms with E-state index in [-0.39, 0.29) is 6.54 Å². The number of halogens is 3. The first kappa shape index (κ1) is 12.0. The van der Waals surface area contributed by atoms with Gasteiger partial charge in [-0.15, -0.1) is 0 Å². The quantitative estimate of drug-likeness (QED) is 0.867. The number of benzene rings is 2. The summed E-state index contributed by atoms with van der Waals surface area (Å²) in [5.41, 5.74) is 7.49. The first-order valence-corrected chi connectivity index (χ1v) is 5.43. The molecule has 0 atom stereocenters. The first-order valence-electron chi connectivity index (χ1n) is 5.05. The topological polar surface area (TPSA) is 26.0 Å². The Morgan fingerprint density at radius 2 is 1.65 bits per heavy atom. The van der Waals surface area contributed by atoms with E-state index in [4.69, 9.17) is 17.3 Å². The van der Waals surface area contributed by atoms with Gasteiger partial charge in [0.25, 0.3) is 0 Å². The molecule has 0 fully saturated rings. The zero-order valence-electron chi connectivity index (χ0n) is 8.88. The molecule has 0 aliphatic rings. The maximum atomic E-state index is 13.1. The van der Waals surface area contributed by atoms with Crippen LogP contribution in [0.2, 0.25) is 5.02 Å². The van der Waals surface area contributed by atoms with E-state index in [1.165, 1.54) is 12.1 Å².